The van der Waals surface area contributed by atoms with Gasteiger partial charge >= 0.3 is 0 Å². The topological polar surface area (TPSA) is 65.1 Å². The number of rotatable bonds is 5. The van der Waals surface area contributed by atoms with Crippen LogP contribution in [0.15, 0.2) is 41.3 Å². The van der Waals surface area contributed by atoms with E-state index in [9.17, 15) is 9.59 Å². The number of imide groups is 1. The van der Waals surface area contributed by atoms with Crippen molar-refractivity contribution in [3.63, 3.8) is 0 Å². The van der Waals surface area contributed by atoms with Crippen LogP contribution in [0.3, 0.4) is 0 Å². The van der Waals surface area contributed by atoms with Gasteiger partial charge < -0.3 is 14.2 Å². The minimum absolute atomic E-state index is 0.204. The highest BCUT2D eigenvalue weighted by Crippen LogP contribution is 2.37. The van der Waals surface area contributed by atoms with Crippen LogP contribution < -0.4 is 14.2 Å². The molecule has 0 spiro atoms. The summed E-state index contributed by atoms with van der Waals surface area (Å²) in [4.78, 5) is 26.6. The normalized spacial score (nSPS) is 17.2. The lowest BCUT2D eigenvalue weighted by molar-refractivity contribution is -0.123. The molecule has 6 nitrogen and oxygen atoms in total. The van der Waals surface area contributed by atoms with E-state index in [1.165, 1.54) is 4.90 Å². The monoisotopic (exact) mass is 411 g/mol. The number of carbonyl (C=O) groups excluding carboxylic acids is 2. The van der Waals surface area contributed by atoms with Crippen LogP contribution in [0.5, 0.6) is 17.2 Å². The first-order valence-electron chi connectivity index (χ1n) is 9.36. The summed E-state index contributed by atoms with van der Waals surface area (Å²) >= 11 is 0.942. The molecule has 2 aromatic carbocycles. The van der Waals surface area contributed by atoms with Crippen LogP contribution >= 0.6 is 11.8 Å². The Morgan fingerprint density at radius 2 is 1.76 bits per heavy atom. The number of hydrogen-bond acceptors (Lipinski definition) is 6. The van der Waals surface area contributed by atoms with Gasteiger partial charge in [0.05, 0.1) is 11.4 Å². The van der Waals surface area contributed by atoms with E-state index in [0.29, 0.717) is 35.4 Å². The van der Waals surface area contributed by atoms with E-state index < -0.39 is 0 Å². The largest absolute Gasteiger partial charge is 0.492 e. The summed E-state index contributed by atoms with van der Waals surface area (Å²) in [7, 11) is 0. The average molecular weight is 411 g/mol. The molecule has 0 aliphatic carbocycles. The van der Waals surface area contributed by atoms with Crippen molar-refractivity contribution in [2.45, 2.75) is 13.8 Å². The summed E-state index contributed by atoms with van der Waals surface area (Å²) in [5, 5.41) is -0.288. The number of amides is 2. The van der Waals surface area contributed by atoms with E-state index >= 15 is 0 Å². The van der Waals surface area contributed by atoms with Crippen molar-refractivity contribution in [3.8, 4) is 17.2 Å². The molecule has 0 aromatic heterocycles. The molecule has 4 rings (SSSR count). The summed E-state index contributed by atoms with van der Waals surface area (Å²) in [5.41, 5.74) is 2.92. The zero-order valence-corrected chi connectivity index (χ0v) is 17.1. The van der Waals surface area contributed by atoms with Crippen molar-refractivity contribution in [1.82, 2.24) is 4.90 Å². The molecular weight excluding hydrogens is 390 g/mol. The van der Waals surface area contributed by atoms with E-state index in [-0.39, 0.29) is 24.3 Å². The van der Waals surface area contributed by atoms with Crippen LogP contribution in [0.4, 0.5) is 4.79 Å². The zero-order chi connectivity index (χ0) is 20.4. The first kappa shape index (κ1) is 19.4. The highest BCUT2D eigenvalue weighted by Gasteiger charge is 2.35. The summed E-state index contributed by atoms with van der Waals surface area (Å²) < 4.78 is 16.8. The van der Waals surface area contributed by atoms with E-state index in [0.717, 1.165) is 28.5 Å². The van der Waals surface area contributed by atoms with E-state index in [4.69, 9.17) is 14.2 Å². The predicted octanol–water partition coefficient (Wildman–Crippen LogP) is 4.19. The van der Waals surface area contributed by atoms with Gasteiger partial charge in [0, 0.05) is 0 Å². The minimum Gasteiger partial charge on any atom is -0.492 e. The summed E-state index contributed by atoms with van der Waals surface area (Å²) in [6, 6.07) is 11.4. The first-order chi connectivity index (χ1) is 14.0. The van der Waals surface area contributed by atoms with Gasteiger partial charge in [0.2, 0.25) is 0 Å². The molecule has 29 heavy (non-hydrogen) atoms. The Bertz CT molecular complexity index is 983. The second-order valence-corrected chi connectivity index (χ2v) is 7.84. The number of aryl methyl sites for hydroxylation is 2. The lowest BCUT2D eigenvalue weighted by atomic mass is 10.1. The van der Waals surface area contributed by atoms with Crippen molar-refractivity contribution in [1.29, 1.82) is 0 Å². The van der Waals surface area contributed by atoms with Crippen LogP contribution in [0, 0.1) is 13.8 Å². The number of fused-ring (bicyclic) bond motifs is 1. The molecule has 2 aliphatic heterocycles. The minimum atomic E-state index is -0.304. The van der Waals surface area contributed by atoms with E-state index in [2.05, 4.69) is 0 Å². The lowest BCUT2D eigenvalue weighted by Crippen LogP contribution is -2.32. The van der Waals surface area contributed by atoms with Gasteiger partial charge in [0.15, 0.2) is 11.5 Å². The van der Waals surface area contributed by atoms with Gasteiger partial charge in [0.1, 0.15) is 25.6 Å². The highest BCUT2D eigenvalue weighted by molar-refractivity contribution is 8.18. The Hall–Kier alpha value is -2.93. The molecule has 0 bridgehead atoms. The number of ether oxygens (including phenoxy) is 3. The Labute approximate surface area is 173 Å². The average Bonchev–Trinajstić information content (AvgIpc) is 2.97. The standard InChI is InChI=1S/C22H21NO5S/c1-14-3-5-17(6-4-14)26-8-7-23-21(24)20(29-22(23)25)13-16-12-19-18(11-15(16)2)27-9-10-28-19/h3-6,11-13H,7-10H2,1-2H3/b20-13-. The molecule has 0 N–H and O–H groups in total. The third-order valence-electron chi connectivity index (χ3n) is 4.70. The third-order valence-corrected chi connectivity index (χ3v) is 5.60. The van der Waals surface area contributed by atoms with Crippen molar-refractivity contribution in [2.24, 2.45) is 0 Å². The van der Waals surface area contributed by atoms with Gasteiger partial charge in [-0.3, -0.25) is 14.5 Å². The van der Waals surface area contributed by atoms with Crippen molar-refractivity contribution < 1.29 is 23.8 Å². The van der Waals surface area contributed by atoms with Crippen LogP contribution in [-0.4, -0.2) is 42.4 Å². The highest BCUT2D eigenvalue weighted by atomic mass is 32.2. The molecule has 0 radical (unpaired) electrons. The van der Waals surface area contributed by atoms with Crippen LogP contribution in [0.1, 0.15) is 16.7 Å². The van der Waals surface area contributed by atoms with Crippen molar-refractivity contribution >= 4 is 29.0 Å². The molecule has 0 saturated carbocycles. The summed E-state index contributed by atoms with van der Waals surface area (Å²) in [6.07, 6.45) is 1.74. The second kappa shape index (κ2) is 8.21. The Kier molecular flexibility index (Phi) is 5.49. The van der Waals surface area contributed by atoms with Gasteiger partial charge in [-0.05, 0) is 67.1 Å². The molecular formula is C22H21NO5S. The fourth-order valence-electron chi connectivity index (χ4n) is 3.08. The predicted molar refractivity (Wildman–Crippen MR) is 112 cm³/mol. The molecule has 150 valence electrons. The maximum atomic E-state index is 12.7. The van der Waals surface area contributed by atoms with Crippen LogP contribution in [-0.2, 0) is 4.79 Å². The molecule has 7 heteroatoms. The Morgan fingerprint density at radius 1 is 1.07 bits per heavy atom. The molecule has 1 saturated heterocycles. The van der Waals surface area contributed by atoms with E-state index in [1.807, 2.05) is 50.2 Å². The van der Waals surface area contributed by atoms with E-state index in [1.54, 1.807) is 6.08 Å². The summed E-state index contributed by atoms with van der Waals surface area (Å²) in [6.45, 7) is 5.40. The maximum Gasteiger partial charge on any atom is 0.293 e. The second-order valence-electron chi connectivity index (χ2n) is 6.85. The van der Waals surface area contributed by atoms with Crippen molar-refractivity contribution in [3.05, 3.63) is 58.0 Å². The smallest absolute Gasteiger partial charge is 0.293 e. The summed E-state index contributed by atoms with van der Waals surface area (Å²) in [5.74, 6) is 1.76. The Balaban J connectivity index is 1.44. The fourth-order valence-corrected chi connectivity index (χ4v) is 3.94. The number of nitrogens with zero attached hydrogens (tertiary/aromatic N) is 1. The SMILES string of the molecule is Cc1ccc(OCCN2C(=O)S/C(=C\c3cc4c(cc3C)OCCO4)C2=O)cc1. The lowest BCUT2D eigenvalue weighted by Gasteiger charge is -2.19. The molecule has 2 aromatic rings. The number of thioether (sulfide) groups is 1. The molecule has 2 amide bonds. The molecule has 1 fully saturated rings. The molecule has 2 aliphatic rings. The van der Waals surface area contributed by atoms with Gasteiger partial charge in [-0.15, -0.1) is 0 Å². The van der Waals surface area contributed by atoms with Gasteiger partial charge in [-0.25, -0.2) is 0 Å². The molecule has 0 atom stereocenters. The number of carbonyl (C=O) groups is 2. The van der Waals surface area contributed by atoms with Gasteiger partial charge in [-0.1, -0.05) is 17.7 Å². The maximum absolute atomic E-state index is 12.7. The zero-order valence-electron chi connectivity index (χ0n) is 16.3. The van der Waals surface area contributed by atoms with Crippen molar-refractivity contribution in [2.75, 3.05) is 26.4 Å². The van der Waals surface area contributed by atoms with Gasteiger partial charge in [-0.2, -0.15) is 0 Å². The molecule has 2 heterocycles. The first-order valence-corrected chi connectivity index (χ1v) is 10.2. The van der Waals surface area contributed by atoms with Gasteiger partial charge in [0.25, 0.3) is 11.1 Å². The third kappa shape index (κ3) is 4.24. The molecule has 0 unspecified atom stereocenters. The Morgan fingerprint density at radius 3 is 2.48 bits per heavy atom. The number of benzene rings is 2. The number of hydrogen-bond donors (Lipinski definition) is 0. The van der Waals surface area contributed by atoms with Crippen LogP contribution in [0.2, 0.25) is 0 Å². The fraction of sp³-hybridized carbons (Fsp3) is 0.273. The quantitative estimate of drug-likeness (QED) is 0.688. The van der Waals surface area contributed by atoms with Crippen LogP contribution in [0.25, 0.3) is 6.08 Å².